The van der Waals surface area contributed by atoms with Gasteiger partial charge in [0.15, 0.2) is 0 Å². The van der Waals surface area contributed by atoms with Gasteiger partial charge in [-0.3, -0.25) is 0 Å². The van der Waals surface area contributed by atoms with E-state index in [1.54, 1.807) is 0 Å². The third kappa shape index (κ3) is 4.87. The van der Waals surface area contributed by atoms with E-state index < -0.39 is 12.0 Å². The van der Waals surface area contributed by atoms with Crippen molar-refractivity contribution in [2.24, 2.45) is 5.73 Å². The molecule has 0 aromatic heterocycles. The van der Waals surface area contributed by atoms with Crippen LogP contribution in [0.5, 0.6) is 0 Å². The van der Waals surface area contributed by atoms with E-state index in [-0.39, 0.29) is 0 Å². The third-order valence-corrected chi connectivity index (χ3v) is 3.11. The minimum Gasteiger partial charge on any atom is -0.480 e. The van der Waals surface area contributed by atoms with Gasteiger partial charge in [0.05, 0.1) is 4.99 Å². The summed E-state index contributed by atoms with van der Waals surface area (Å²) in [6.45, 7) is 2.50. The van der Waals surface area contributed by atoms with Crippen molar-refractivity contribution in [2.75, 3.05) is 11.4 Å². The number of carboxylic acids is 1. The number of hydrogen-bond acceptors (Lipinski definition) is 3. The number of carbonyl (C=O) groups is 1. The molecule has 0 saturated heterocycles. The second-order valence-electron chi connectivity index (χ2n) is 4.39. The Kier molecular flexibility index (Phi) is 6.29. The molecular formula is C14H20N2O2S. The summed E-state index contributed by atoms with van der Waals surface area (Å²) in [5, 5.41) is 9.40. The number of anilines is 1. The maximum atomic E-state index is 11.4. The van der Waals surface area contributed by atoms with Crippen LogP contribution in [-0.4, -0.2) is 28.7 Å². The van der Waals surface area contributed by atoms with Gasteiger partial charge in [-0.2, -0.15) is 0 Å². The molecule has 0 spiro atoms. The fourth-order valence-electron chi connectivity index (χ4n) is 2.00. The molecule has 1 atom stereocenters. The first-order valence-electron chi connectivity index (χ1n) is 6.39. The largest absolute Gasteiger partial charge is 0.480 e. The molecule has 0 aliphatic rings. The standard InChI is InChI=1S/C14H20N2O2S/c1-2-6-12(14(17)18)16(10-9-13(15)19)11-7-4-3-5-8-11/h3-5,7-8,12H,2,6,9-10H2,1H3,(H2,15,19)(H,17,18). The Hall–Kier alpha value is -1.62. The Morgan fingerprint density at radius 2 is 2.05 bits per heavy atom. The number of thiocarbonyl (C=S) groups is 1. The zero-order valence-electron chi connectivity index (χ0n) is 11.1. The van der Waals surface area contributed by atoms with Gasteiger partial charge in [0.2, 0.25) is 0 Å². The number of benzene rings is 1. The lowest BCUT2D eigenvalue weighted by Crippen LogP contribution is -2.42. The lowest BCUT2D eigenvalue weighted by molar-refractivity contribution is -0.138. The lowest BCUT2D eigenvalue weighted by Gasteiger charge is -2.31. The second kappa shape index (κ2) is 7.74. The Morgan fingerprint density at radius 3 is 2.53 bits per heavy atom. The van der Waals surface area contributed by atoms with E-state index in [0.717, 1.165) is 12.1 Å². The van der Waals surface area contributed by atoms with Gasteiger partial charge < -0.3 is 15.7 Å². The number of aliphatic carboxylic acids is 1. The minimum atomic E-state index is -0.811. The summed E-state index contributed by atoms with van der Waals surface area (Å²) in [7, 11) is 0. The van der Waals surface area contributed by atoms with Crippen LogP contribution < -0.4 is 10.6 Å². The Labute approximate surface area is 119 Å². The SMILES string of the molecule is CCCC(C(=O)O)N(CCC(N)=S)c1ccccc1. The average Bonchev–Trinajstić information content (AvgIpc) is 2.38. The number of nitrogens with two attached hydrogens (primary N) is 1. The summed E-state index contributed by atoms with van der Waals surface area (Å²) in [5.74, 6) is -0.811. The van der Waals surface area contributed by atoms with Gasteiger partial charge in [0.25, 0.3) is 0 Å². The maximum Gasteiger partial charge on any atom is 0.326 e. The summed E-state index contributed by atoms with van der Waals surface area (Å²) < 4.78 is 0. The summed E-state index contributed by atoms with van der Waals surface area (Å²) in [6, 6.07) is 8.98. The monoisotopic (exact) mass is 280 g/mol. The van der Waals surface area contributed by atoms with Gasteiger partial charge in [0, 0.05) is 18.7 Å². The van der Waals surface area contributed by atoms with Gasteiger partial charge in [-0.1, -0.05) is 43.8 Å². The van der Waals surface area contributed by atoms with Crippen LogP contribution in [0.15, 0.2) is 30.3 Å². The van der Waals surface area contributed by atoms with Gasteiger partial charge in [0.1, 0.15) is 6.04 Å². The molecule has 0 saturated carbocycles. The fourth-order valence-corrected chi connectivity index (χ4v) is 2.09. The van der Waals surface area contributed by atoms with Crippen LogP contribution in [0.2, 0.25) is 0 Å². The molecule has 0 aliphatic heterocycles. The molecule has 0 bridgehead atoms. The molecule has 0 heterocycles. The first-order valence-corrected chi connectivity index (χ1v) is 6.80. The van der Waals surface area contributed by atoms with Gasteiger partial charge >= 0.3 is 5.97 Å². The molecule has 4 nitrogen and oxygen atoms in total. The minimum absolute atomic E-state index is 0.404. The lowest BCUT2D eigenvalue weighted by atomic mass is 10.1. The summed E-state index contributed by atoms with van der Waals surface area (Å²) in [6.07, 6.45) is 1.92. The van der Waals surface area contributed by atoms with Gasteiger partial charge in [-0.25, -0.2) is 4.79 Å². The fraction of sp³-hybridized carbons (Fsp3) is 0.429. The van der Waals surface area contributed by atoms with Crippen LogP contribution in [0.1, 0.15) is 26.2 Å². The van der Waals surface area contributed by atoms with E-state index in [1.807, 2.05) is 42.2 Å². The molecule has 1 aromatic carbocycles. The van der Waals surface area contributed by atoms with Crippen molar-refractivity contribution in [1.29, 1.82) is 0 Å². The van der Waals surface area contributed by atoms with Crippen molar-refractivity contribution >= 4 is 28.9 Å². The predicted molar refractivity (Wildman–Crippen MR) is 81.5 cm³/mol. The Morgan fingerprint density at radius 1 is 1.42 bits per heavy atom. The number of hydrogen-bond donors (Lipinski definition) is 2. The van der Waals surface area contributed by atoms with Crippen LogP contribution in [0.3, 0.4) is 0 Å². The highest BCUT2D eigenvalue weighted by Gasteiger charge is 2.24. The van der Waals surface area contributed by atoms with Crippen LogP contribution in [0.25, 0.3) is 0 Å². The molecule has 0 aliphatic carbocycles. The number of carboxylic acid groups (broad SMARTS) is 1. The zero-order valence-corrected chi connectivity index (χ0v) is 11.9. The zero-order chi connectivity index (χ0) is 14.3. The normalized spacial score (nSPS) is 11.8. The molecule has 104 valence electrons. The van der Waals surface area contributed by atoms with E-state index in [0.29, 0.717) is 24.4 Å². The molecule has 0 fully saturated rings. The molecule has 0 radical (unpaired) electrons. The van der Waals surface area contributed by atoms with Crippen molar-refractivity contribution < 1.29 is 9.90 Å². The van der Waals surface area contributed by atoms with Crippen molar-refractivity contribution in [3.63, 3.8) is 0 Å². The summed E-state index contributed by atoms with van der Waals surface area (Å²) in [4.78, 5) is 13.7. The molecule has 19 heavy (non-hydrogen) atoms. The molecule has 1 rings (SSSR count). The van der Waals surface area contributed by atoms with E-state index in [2.05, 4.69) is 0 Å². The van der Waals surface area contributed by atoms with E-state index >= 15 is 0 Å². The number of nitrogens with zero attached hydrogens (tertiary/aromatic N) is 1. The van der Waals surface area contributed by atoms with Crippen LogP contribution >= 0.6 is 12.2 Å². The average molecular weight is 280 g/mol. The van der Waals surface area contributed by atoms with Crippen molar-refractivity contribution in [3.05, 3.63) is 30.3 Å². The van der Waals surface area contributed by atoms with Crippen molar-refractivity contribution in [2.45, 2.75) is 32.2 Å². The highest BCUT2D eigenvalue weighted by molar-refractivity contribution is 7.80. The second-order valence-corrected chi connectivity index (χ2v) is 4.91. The molecule has 3 N–H and O–H groups in total. The molecule has 5 heteroatoms. The molecule has 1 aromatic rings. The maximum absolute atomic E-state index is 11.4. The van der Waals surface area contributed by atoms with Crippen LogP contribution in [-0.2, 0) is 4.79 Å². The quantitative estimate of drug-likeness (QED) is 0.716. The number of para-hydroxylation sites is 1. The number of rotatable bonds is 8. The molecule has 0 amide bonds. The van der Waals surface area contributed by atoms with E-state index in [1.165, 1.54) is 0 Å². The predicted octanol–water partition coefficient (Wildman–Crippen LogP) is 2.42. The molecular weight excluding hydrogens is 260 g/mol. The van der Waals surface area contributed by atoms with Crippen molar-refractivity contribution in [1.82, 2.24) is 0 Å². The third-order valence-electron chi connectivity index (χ3n) is 2.91. The van der Waals surface area contributed by atoms with Crippen LogP contribution in [0, 0.1) is 0 Å². The van der Waals surface area contributed by atoms with E-state index in [4.69, 9.17) is 18.0 Å². The Bertz CT molecular complexity index is 423. The van der Waals surface area contributed by atoms with Gasteiger partial charge in [-0.15, -0.1) is 0 Å². The summed E-state index contributed by atoms with van der Waals surface area (Å²) >= 11 is 4.88. The topological polar surface area (TPSA) is 66.6 Å². The first kappa shape index (κ1) is 15.4. The Balaban J connectivity index is 2.96. The van der Waals surface area contributed by atoms with Gasteiger partial charge in [-0.05, 0) is 18.6 Å². The highest BCUT2D eigenvalue weighted by atomic mass is 32.1. The smallest absolute Gasteiger partial charge is 0.326 e. The van der Waals surface area contributed by atoms with E-state index in [9.17, 15) is 9.90 Å². The first-order chi connectivity index (χ1) is 9.06. The molecule has 1 unspecified atom stereocenters. The van der Waals surface area contributed by atoms with Crippen molar-refractivity contribution in [3.8, 4) is 0 Å². The summed E-state index contributed by atoms with van der Waals surface area (Å²) in [5.41, 5.74) is 6.41. The highest BCUT2D eigenvalue weighted by Crippen LogP contribution is 2.20. The van der Waals surface area contributed by atoms with Crippen LogP contribution in [0.4, 0.5) is 5.69 Å².